The van der Waals surface area contributed by atoms with Gasteiger partial charge in [-0.1, -0.05) is 67.6 Å². The van der Waals surface area contributed by atoms with Crippen LogP contribution in [0.3, 0.4) is 0 Å². The summed E-state index contributed by atoms with van der Waals surface area (Å²) >= 11 is 3.66. The molecule has 1 atom stereocenters. The van der Waals surface area contributed by atoms with Gasteiger partial charge in [0.2, 0.25) is 0 Å². The quantitative estimate of drug-likeness (QED) is 0.315. The van der Waals surface area contributed by atoms with Gasteiger partial charge >= 0.3 is 0 Å². The van der Waals surface area contributed by atoms with E-state index in [9.17, 15) is 0 Å². The van der Waals surface area contributed by atoms with Crippen LogP contribution in [0.25, 0.3) is 0 Å². The Labute approximate surface area is 182 Å². The Balaban J connectivity index is 1.59. The maximum absolute atomic E-state index is 6.12. The van der Waals surface area contributed by atoms with Gasteiger partial charge in [-0.3, -0.25) is 0 Å². The van der Waals surface area contributed by atoms with E-state index >= 15 is 0 Å². The van der Waals surface area contributed by atoms with Gasteiger partial charge in [-0.2, -0.15) is 0 Å². The third kappa shape index (κ3) is 6.84. The van der Waals surface area contributed by atoms with E-state index in [-0.39, 0.29) is 5.41 Å². The molecule has 0 amide bonds. The highest BCUT2D eigenvalue weighted by atomic mass is 79.9. The van der Waals surface area contributed by atoms with Crippen LogP contribution in [-0.4, -0.2) is 20.5 Å². The SMILES string of the molecule is COCOCCc1ccc(CC2(C)C=C(OCc3ccccc3)C(Br)=CC2)cc1. The molecule has 0 N–H and O–H groups in total. The molecule has 0 radical (unpaired) electrons. The highest BCUT2D eigenvalue weighted by molar-refractivity contribution is 9.11. The Kier molecular flexibility index (Phi) is 8.10. The van der Waals surface area contributed by atoms with Crippen molar-refractivity contribution in [2.45, 2.75) is 32.8 Å². The summed E-state index contributed by atoms with van der Waals surface area (Å²) in [6, 6.07) is 19.1. The monoisotopic (exact) mass is 456 g/mol. The number of ether oxygens (including phenoxy) is 3. The summed E-state index contributed by atoms with van der Waals surface area (Å²) in [5.74, 6) is 0.925. The first kappa shape index (κ1) is 21.8. The van der Waals surface area contributed by atoms with Crippen LogP contribution < -0.4 is 0 Å². The predicted octanol–water partition coefficient (Wildman–Crippen LogP) is 6.18. The van der Waals surface area contributed by atoms with Crippen molar-refractivity contribution in [1.82, 2.24) is 0 Å². The average Bonchev–Trinajstić information content (AvgIpc) is 2.74. The Morgan fingerprint density at radius 3 is 2.41 bits per heavy atom. The van der Waals surface area contributed by atoms with Crippen LogP contribution in [0.4, 0.5) is 0 Å². The summed E-state index contributed by atoms with van der Waals surface area (Å²) in [6.45, 7) is 3.89. The fourth-order valence-corrected chi connectivity index (χ4v) is 3.85. The number of methoxy groups -OCH3 is 1. The van der Waals surface area contributed by atoms with Crippen LogP contribution in [0.15, 0.2) is 77.0 Å². The molecular weight excluding hydrogens is 428 g/mol. The van der Waals surface area contributed by atoms with Crippen LogP contribution in [0, 0.1) is 5.41 Å². The van der Waals surface area contributed by atoms with Crippen LogP contribution in [0.5, 0.6) is 0 Å². The zero-order valence-corrected chi connectivity index (χ0v) is 18.8. The van der Waals surface area contributed by atoms with Gasteiger partial charge in [-0.05, 0) is 63.4 Å². The van der Waals surface area contributed by atoms with Crippen molar-refractivity contribution < 1.29 is 14.2 Å². The van der Waals surface area contributed by atoms with E-state index in [1.165, 1.54) is 16.7 Å². The molecule has 0 fully saturated rings. The van der Waals surface area contributed by atoms with Gasteiger partial charge in [0.1, 0.15) is 19.2 Å². The maximum atomic E-state index is 6.12. The highest BCUT2D eigenvalue weighted by Crippen LogP contribution is 2.38. The molecule has 29 heavy (non-hydrogen) atoms. The van der Waals surface area contributed by atoms with E-state index in [0.717, 1.165) is 29.5 Å². The summed E-state index contributed by atoms with van der Waals surface area (Å²) in [5, 5.41) is 0. The van der Waals surface area contributed by atoms with Crippen molar-refractivity contribution in [1.29, 1.82) is 0 Å². The number of hydrogen-bond donors (Lipinski definition) is 0. The summed E-state index contributed by atoms with van der Waals surface area (Å²) in [6.07, 6.45) is 7.35. The van der Waals surface area contributed by atoms with Crippen molar-refractivity contribution in [2.24, 2.45) is 5.41 Å². The Morgan fingerprint density at radius 2 is 1.69 bits per heavy atom. The molecule has 1 aliphatic carbocycles. The summed E-state index contributed by atoms with van der Waals surface area (Å²) in [7, 11) is 1.64. The number of rotatable bonds is 10. The minimum Gasteiger partial charge on any atom is -0.488 e. The van der Waals surface area contributed by atoms with Crippen molar-refractivity contribution in [3.63, 3.8) is 0 Å². The predicted molar refractivity (Wildman–Crippen MR) is 121 cm³/mol. The Morgan fingerprint density at radius 1 is 0.966 bits per heavy atom. The van der Waals surface area contributed by atoms with E-state index in [1.54, 1.807) is 7.11 Å². The van der Waals surface area contributed by atoms with Crippen LogP contribution in [-0.2, 0) is 33.7 Å². The van der Waals surface area contributed by atoms with Gasteiger partial charge in [-0.25, -0.2) is 0 Å². The van der Waals surface area contributed by atoms with Crippen LogP contribution in [0.2, 0.25) is 0 Å². The normalized spacial score (nSPS) is 18.9. The number of hydrogen-bond acceptors (Lipinski definition) is 3. The van der Waals surface area contributed by atoms with Crippen molar-refractivity contribution in [3.05, 3.63) is 93.7 Å². The lowest BCUT2D eigenvalue weighted by molar-refractivity contribution is -0.0291. The van der Waals surface area contributed by atoms with E-state index < -0.39 is 0 Å². The first-order valence-electron chi connectivity index (χ1n) is 9.98. The third-order valence-electron chi connectivity index (χ3n) is 5.07. The van der Waals surface area contributed by atoms with Crippen LogP contribution >= 0.6 is 15.9 Å². The molecule has 0 saturated carbocycles. The molecule has 0 aromatic heterocycles. The fourth-order valence-electron chi connectivity index (χ4n) is 3.46. The number of halogens is 1. The number of benzene rings is 2. The largest absolute Gasteiger partial charge is 0.488 e. The molecule has 1 unspecified atom stereocenters. The molecule has 0 aliphatic heterocycles. The molecule has 0 saturated heterocycles. The lowest BCUT2D eigenvalue weighted by Gasteiger charge is -2.30. The average molecular weight is 457 g/mol. The second kappa shape index (κ2) is 10.8. The van der Waals surface area contributed by atoms with Gasteiger partial charge in [0.15, 0.2) is 0 Å². The van der Waals surface area contributed by atoms with Gasteiger partial charge in [-0.15, -0.1) is 0 Å². The first-order chi connectivity index (χ1) is 14.1. The van der Waals surface area contributed by atoms with Crippen molar-refractivity contribution in [3.8, 4) is 0 Å². The van der Waals surface area contributed by atoms with Gasteiger partial charge in [0.25, 0.3) is 0 Å². The Bertz CT molecular complexity index is 827. The third-order valence-corrected chi connectivity index (χ3v) is 5.78. The van der Waals surface area contributed by atoms with Crippen LogP contribution in [0.1, 0.15) is 30.0 Å². The molecule has 0 spiro atoms. The molecule has 0 heterocycles. The van der Waals surface area contributed by atoms with Gasteiger partial charge in [0, 0.05) is 7.11 Å². The molecule has 2 aromatic carbocycles. The van der Waals surface area contributed by atoms with E-state index in [1.807, 2.05) is 18.2 Å². The highest BCUT2D eigenvalue weighted by Gasteiger charge is 2.27. The molecule has 2 aromatic rings. The lowest BCUT2D eigenvalue weighted by atomic mass is 9.78. The molecule has 4 heteroatoms. The smallest absolute Gasteiger partial charge is 0.146 e. The van der Waals surface area contributed by atoms with Gasteiger partial charge in [0.05, 0.1) is 11.1 Å². The van der Waals surface area contributed by atoms with Gasteiger partial charge < -0.3 is 14.2 Å². The lowest BCUT2D eigenvalue weighted by Crippen LogP contribution is -2.20. The second-order valence-corrected chi connectivity index (χ2v) is 8.61. The summed E-state index contributed by atoms with van der Waals surface area (Å²) in [5.41, 5.74) is 3.82. The molecule has 3 nitrogen and oxygen atoms in total. The summed E-state index contributed by atoms with van der Waals surface area (Å²) in [4.78, 5) is 0. The van der Waals surface area contributed by atoms with Crippen molar-refractivity contribution >= 4 is 15.9 Å². The van der Waals surface area contributed by atoms with E-state index in [0.29, 0.717) is 20.0 Å². The standard InChI is InChI=1S/C25H29BrO3/c1-25(16-21-10-8-20(9-11-21)13-15-28-19-27-2)14-12-23(26)24(17-25)29-18-22-6-4-3-5-7-22/h3-12,17H,13-16,18-19H2,1-2H3. The molecule has 0 bridgehead atoms. The number of allylic oxidation sites excluding steroid dienone is 3. The first-order valence-corrected chi connectivity index (χ1v) is 10.8. The molecule has 1 aliphatic rings. The fraction of sp³-hybridized carbons (Fsp3) is 0.360. The van der Waals surface area contributed by atoms with E-state index in [2.05, 4.69) is 71.4 Å². The second-order valence-electron chi connectivity index (χ2n) is 7.75. The topological polar surface area (TPSA) is 27.7 Å². The zero-order chi connectivity index (χ0) is 20.5. The van der Waals surface area contributed by atoms with E-state index in [4.69, 9.17) is 14.2 Å². The minimum atomic E-state index is 0.0341. The molecular formula is C25H29BrO3. The zero-order valence-electron chi connectivity index (χ0n) is 17.2. The Hall–Kier alpha value is -1.88. The van der Waals surface area contributed by atoms with Crippen molar-refractivity contribution in [2.75, 3.05) is 20.5 Å². The molecule has 154 valence electrons. The minimum absolute atomic E-state index is 0.0341. The summed E-state index contributed by atoms with van der Waals surface area (Å²) < 4.78 is 17.4. The molecule has 3 rings (SSSR count). The maximum Gasteiger partial charge on any atom is 0.146 e.